The SMILES string of the molecule is Cc1cc(C)cc(C(=O)c2c(C(C)C)c(=O)[nH]c(=O)n2COCc2ccccc2)c1. The van der Waals surface area contributed by atoms with Crippen molar-refractivity contribution in [2.75, 3.05) is 0 Å². The van der Waals surface area contributed by atoms with E-state index >= 15 is 0 Å². The largest absolute Gasteiger partial charge is 0.356 e. The third kappa shape index (κ3) is 4.66. The molecule has 0 radical (unpaired) electrons. The molecule has 3 rings (SSSR count). The van der Waals surface area contributed by atoms with E-state index in [2.05, 4.69) is 4.98 Å². The molecule has 0 saturated carbocycles. The first-order chi connectivity index (χ1) is 14.3. The zero-order valence-electron chi connectivity index (χ0n) is 17.7. The molecule has 0 atom stereocenters. The predicted molar refractivity (Wildman–Crippen MR) is 116 cm³/mol. The number of aryl methyl sites for hydroxylation is 2. The minimum Gasteiger partial charge on any atom is -0.356 e. The van der Waals surface area contributed by atoms with E-state index in [1.54, 1.807) is 12.1 Å². The lowest BCUT2D eigenvalue weighted by atomic mass is 9.95. The van der Waals surface area contributed by atoms with Gasteiger partial charge in [0.25, 0.3) is 5.56 Å². The molecule has 0 bridgehead atoms. The highest BCUT2D eigenvalue weighted by molar-refractivity contribution is 6.09. The van der Waals surface area contributed by atoms with Crippen molar-refractivity contribution in [2.45, 2.75) is 47.0 Å². The number of ether oxygens (including phenoxy) is 1. The van der Waals surface area contributed by atoms with Crippen LogP contribution >= 0.6 is 0 Å². The molecule has 6 nitrogen and oxygen atoms in total. The molecule has 2 aromatic carbocycles. The normalized spacial score (nSPS) is 11.1. The van der Waals surface area contributed by atoms with Gasteiger partial charge in [0, 0.05) is 11.1 Å². The number of H-pyrrole nitrogens is 1. The lowest BCUT2D eigenvalue weighted by Crippen LogP contribution is -2.38. The van der Waals surface area contributed by atoms with Gasteiger partial charge in [-0.05, 0) is 37.5 Å². The summed E-state index contributed by atoms with van der Waals surface area (Å²) in [6.45, 7) is 7.59. The first-order valence-electron chi connectivity index (χ1n) is 9.89. The van der Waals surface area contributed by atoms with Gasteiger partial charge in [-0.25, -0.2) is 4.79 Å². The maximum atomic E-state index is 13.5. The number of carbonyl (C=O) groups excluding carboxylic acids is 1. The number of hydrogen-bond donors (Lipinski definition) is 1. The quantitative estimate of drug-likeness (QED) is 0.607. The Balaban J connectivity index is 2.07. The van der Waals surface area contributed by atoms with Crippen LogP contribution in [0.15, 0.2) is 58.1 Å². The fraction of sp³-hybridized carbons (Fsp3) is 0.292. The summed E-state index contributed by atoms with van der Waals surface area (Å²) in [6, 6.07) is 15.0. The molecule has 6 heteroatoms. The molecule has 156 valence electrons. The lowest BCUT2D eigenvalue weighted by Gasteiger charge is -2.18. The molecule has 30 heavy (non-hydrogen) atoms. The number of aromatic nitrogens is 2. The Hall–Kier alpha value is -3.25. The maximum Gasteiger partial charge on any atom is 0.330 e. The smallest absolute Gasteiger partial charge is 0.330 e. The molecule has 0 saturated heterocycles. The van der Waals surface area contributed by atoms with Gasteiger partial charge in [0.05, 0.1) is 6.61 Å². The molecule has 0 aliphatic rings. The lowest BCUT2D eigenvalue weighted by molar-refractivity contribution is 0.0577. The first-order valence-corrected chi connectivity index (χ1v) is 9.89. The van der Waals surface area contributed by atoms with Crippen molar-refractivity contribution in [3.05, 3.63) is 103 Å². The molecule has 0 aliphatic carbocycles. The van der Waals surface area contributed by atoms with Crippen molar-refractivity contribution in [3.63, 3.8) is 0 Å². The third-order valence-electron chi connectivity index (χ3n) is 4.84. The number of ketones is 1. The van der Waals surface area contributed by atoms with Crippen molar-refractivity contribution >= 4 is 5.78 Å². The van der Waals surface area contributed by atoms with Gasteiger partial charge in [0.2, 0.25) is 5.78 Å². The Kier molecular flexibility index (Phi) is 6.47. The summed E-state index contributed by atoms with van der Waals surface area (Å²) in [5.41, 5.74) is 2.41. The zero-order valence-corrected chi connectivity index (χ0v) is 17.7. The third-order valence-corrected chi connectivity index (χ3v) is 4.84. The summed E-state index contributed by atoms with van der Waals surface area (Å²) < 4.78 is 6.95. The van der Waals surface area contributed by atoms with E-state index in [-0.39, 0.29) is 36.3 Å². The Bertz CT molecular complexity index is 1150. The van der Waals surface area contributed by atoms with Crippen molar-refractivity contribution in [2.24, 2.45) is 0 Å². The van der Waals surface area contributed by atoms with E-state index in [1.807, 2.05) is 64.1 Å². The van der Waals surface area contributed by atoms with Crippen LogP contribution in [0.4, 0.5) is 0 Å². The minimum atomic E-state index is -0.662. The van der Waals surface area contributed by atoms with Gasteiger partial charge in [-0.1, -0.05) is 61.4 Å². The fourth-order valence-corrected chi connectivity index (χ4v) is 3.56. The van der Waals surface area contributed by atoms with Crippen LogP contribution < -0.4 is 11.2 Å². The second-order valence-electron chi connectivity index (χ2n) is 7.77. The molecular weight excluding hydrogens is 380 g/mol. The van der Waals surface area contributed by atoms with Gasteiger partial charge in [-0.2, -0.15) is 0 Å². The number of nitrogens with one attached hydrogen (secondary N) is 1. The Labute approximate surface area is 175 Å². The van der Waals surface area contributed by atoms with Crippen molar-refractivity contribution in [3.8, 4) is 0 Å². The van der Waals surface area contributed by atoms with Gasteiger partial charge in [0.1, 0.15) is 12.4 Å². The summed E-state index contributed by atoms with van der Waals surface area (Å²) in [7, 11) is 0. The molecule has 0 amide bonds. The van der Waals surface area contributed by atoms with Crippen LogP contribution in [-0.4, -0.2) is 15.3 Å². The molecular formula is C24H26N2O4. The molecule has 3 aromatic rings. The van der Waals surface area contributed by atoms with Gasteiger partial charge in [-0.15, -0.1) is 0 Å². The highest BCUT2D eigenvalue weighted by Gasteiger charge is 2.24. The molecule has 1 N–H and O–H groups in total. The van der Waals surface area contributed by atoms with E-state index in [4.69, 9.17) is 4.74 Å². The van der Waals surface area contributed by atoms with Gasteiger partial charge < -0.3 is 4.74 Å². The van der Waals surface area contributed by atoms with Crippen molar-refractivity contribution in [1.29, 1.82) is 0 Å². The van der Waals surface area contributed by atoms with E-state index in [1.165, 1.54) is 4.57 Å². The van der Waals surface area contributed by atoms with Crippen LogP contribution in [0.3, 0.4) is 0 Å². The van der Waals surface area contributed by atoms with Crippen molar-refractivity contribution < 1.29 is 9.53 Å². The van der Waals surface area contributed by atoms with Crippen LogP contribution in [0.25, 0.3) is 0 Å². The average Bonchev–Trinajstić information content (AvgIpc) is 2.68. The molecule has 0 spiro atoms. The average molecular weight is 406 g/mol. The van der Waals surface area contributed by atoms with Gasteiger partial charge in [0.15, 0.2) is 0 Å². The first kappa shape index (κ1) is 21.5. The van der Waals surface area contributed by atoms with Crippen LogP contribution in [0, 0.1) is 13.8 Å². The Morgan fingerprint density at radius 2 is 1.67 bits per heavy atom. The van der Waals surface area contributed by atoms with Crippen LogP contribution in [0.1, 0.15) is 58.1 Å². The molecule has 1 heterocycles. The predicted octanol–water partition coefficient (Wildman–Crippen LogP) is 3.68. The number of aromatic amines is 1. The second kappa shape index (κ2) is 9.05. The fourth-order valence-electron chi connectivity index (χ4n) is 3.56. The Morgan fingerprint density at radius 3 is 2.27 bits per heavy atom. The Morgan fingerprint density at radius 1 is 1.03 bits per heavy atom. The molecule has 0 unspecified atom stereocenters. The monoisotopic (exact) mass is 406 g/mol. The topological polar surface area (TPSA) is 81.2 Å². The standard InChI is InChI=1S/C24H26N2O4/c1-15(2)20-21(22(27)19-11-16(3)10-17(4)12-19)26(24(29)25-23(20)28)14-30-13-18-8-6-5-7-9-18/h5-12,15H,13-14H2,1-4H3,(H,25,28,29). The van der Waals surface area contributed by atoms with Crippen LogP contribution in [-0.2, 0) is 18.1 Å². The van der Waals surface area contributed by atoms with Crippen LogP contribution in [0.2, 0.25) is 0 Å². The number of carbonyl (C=O) groups is 1. The summed E-state index contributed by atoms with van der Waals surface area (Å²) in [4.78, 5) is 41.0. The van der Waals surface area contributed by atoms with E-state index < -0.39 is 11.2 Å². The summed E-state index contributed by atoms with van der Waals surface area (Å²) >= 11 is 0. The number of benzene rings is 2. The van der Waals surface area contributed by atoms with Crippen molar-refractivity contribution in [1.82, 2.24) is 9.55 Å². The van der Waals surface area contributed by atoms with E-state index in [9.17, 15) is 14.4 Å². The summed E-state index contributed by atoms with van der Waals surface area (Å²) in [5.74, 6) is -0.614. The highest BCUT2D eigenvalue weighted by atomic mass is 16.5. The number of nitrogens with zero attached hydrogens (tertiary/aromatic N) is 1. The second-order valence-corrected chi connectivity index (χ2v) is 7.77. The minimum absolute atomic E-state index is 0.0804. The number of hydrogen-bond acceptors (Lipinski definition) is 4. The maximum absolute atomic E-state index is 13.5. The number of rotatable bonds is 7. The molecule has 0 aliphatic heterocycles. The van der Waals surface area contributed by atoms with E-state index in [0.29, 0.717) is 5.56 Å². The van der Waals surface area contributed by atoms with Gasteiger partial charge >= 0.3 is 5.69 Å². The van der Waals surface area contributed by atoms with Gasteiger partial charge in [-0.3, -0.25) is 19.1 Å². The van der Waals surface area contributed by atoms with E-state index in [0.717, 1.165) is 16.7 Å². The summed E-state index contributed by atoms with van der Waals surface area (Å²) in [6.07, 6.45) is 0. The summed E-state index contributed by atoms with van der Waals surface area (Å²) in [5, 5.41) is 0. The van der Waals surface area contributed by atoms with Crippen LogP contribution in [0.5, 0.6) is 0 Å². The highest BCUT2D eigenvalue weighted by Crippen LogP contribution is 2.20. The zero-order chi connectivity index (χ0) is 21.8. The molecule has 0 fully saturated rings. The molecule has 1 aromatic heterocycles.